The van der Waals surface area contributed by atoms with Gasteiger partial charge in [0.05, 0.1) is 35.0 Å². The second-order valence-corrected chi connectivity index (χ2v) is 5.36. The van der Waals surface area contributed by atoms with E-state index in [1.54, 1.807) is 42.5 Å². The van der Waals surface area contributed by atoms with Crippen molar-refractivity contribution in [2.45, 2.75) is 0 Å². The van der Waals surface area contributed by atoms with Gasteiger partial charge in [-0.15, -0.1) is 0 Å². The number of anilines is 2. The monoisotopic (exact) mass is 352 g/mol. The minimum Gasteiger partial charge on any atom is -0.465 e. The molecule has 120 valence electrons. The van der Waals surface area contributed by atoms with Crippen LogP contribution >= 0.6 is 23.2 Å². The minimum absolute atomic E-state index is 0.0421. The van der Waals surface area contributed by atoms with Crippen LogP contribution in [0.5, 0.6) is 0 Å². The van der Waals surface area contributed by atoms with Crippen molar-refractivity contribution in [3.05, 3.63) is 58.1 Å². The molecule has 5 nitrogen and oxygen atoms in total. The first-order chi connectivity index (χ1) is 11.0. The Morgan fingerprint density at radius 3 is 2.43 bits per heavy atom. The largest absolute Gasteiger partial charge is 0.465 e. The second-order valence-electron chi connectivity index (χ2n) is 4.57. The van der Waals surface area contributed by atoms with E-state index in [1.165, 1.54) is 7.11 Å². The predicted octanol–water partition coefficient (Wildman–Crippen LogP) is 3.83. The Balaban J connectivity index is 1.91. The maximum Gasteiger partial charge on any atom is 0.337 e. The van der Waals surface area contributed by atoms with Gasteiger partial charge in [0.15, 0.2) is 0 Å². The summed E-state index contributed by atoms with van der Waals surface area (Å²) in [5, 5.41) is 6.28. The molecule has 0 aliphatic heterocycles. The van der Waals surface area contributed by atoms with E-state index in [9.17, 15) is 9.59 Å². The van der Waals surface area contributed by atoms with Crippen molar-refractivity contribution < 1.29 is 14.3 Å². The maximum absolute atomic E-state index is 11.9. The smallest absolute Gasteiger partial charge is 0.337 e. The topological polar surface area (TPSA) is 67.4 Å². The zero-order chi connectivity index (χ0) is 16.8. The van der Waals surface area contributed by atoms with Gasteiger partial charge in [-0.2, -0.15) is 0 Å². The van der Waals surface area contributed by atoms with Crippen LogP contribution in [-0.2, 0) is 9.53 Å². The molecular formula is C16H14Cl2N2O3. The van der Waals surface area contributed by atoms with Crippen LogP contribution < -0.4 is 10.6 Å². The number of nitrogens with one attached hydrogen (secondary N) is 2. The Bertz CT molecular complexity index is 718. The van der Waals surface area contributed by atoms with Crippen molar-refractivity contribution in [3.63, 3.8) is 0 Å². The van der Waals surface area contributed by atoms with Crippen molar-refractivity contribution in [2.24, 2.45) is 0 Å². The highest BCUT2D eigenvalue weighted by molar-refractivity contribution is 6.44. The first kappa shape index (κ1) is 17.1. The zero-order valence-corrected chi connectivity index (χ0v) is 13.7. The van der Waals surface area contributed by atoms with Crippen LogP contribution in [0, 0.1) is 0 Å². The zero-order valence-electron chi connectivity index (χ0n) is 12.2. The Hall–Kier alpha value is -2.24. The average Bonchev–Trinajstić information content (AvgIpc) is 2.57. The minimum atomic E-state index is -0.412. The third kappa shape index (κ3) is 4.61. The number of halogens is 2. The van der Waals surface area contributed by atoms with Crippen LogP contribution in [-0.4, -0.2) is 25.5 Å². The number of carbonyl (C=O) groups is 2. The molecule has 0 saturated carbocycles. The number of hydrogen-bond acceptors (Lipinski definition) is 4. The molecule has 7 heteroatoms. The molecule has 0 aromatic heterocycles. The fraction of sp³-hybridized carbons (Fsp3) is 0.125. The van der Waals surface area contributed by atoms with Crippen LogP contribution in [0.3, 0.4) is 0 Å². The number of amides is 1. The molecule has 0 saturated heterocycles. The van der Waals surface area contributed by atoms with Gasteiger partial charge < -0.3 is 15.4 Å². The van der Waals surface area contributed by atoms with E-state index in [2.05, 4.69) is 15.4 Å². The Kier molecular flexibility index (Phi) is 5.84. The lowest BCUT2D eigenvalue weighted by Crippen LogP contribution is -2.22. The normalized spacial score (nSPS) is 10.0. The van der Waals surface area contributed by atoms with Crippen molar-refractivity contribution in [3.8, 4) is 0 Å². The molecule has 0 unspecified atom stereocenters. The first-order valence-electron chi connectivity index (χ1n) is 6.67. The molecule has 0 aliphatic carbocycles. The molecule has 0 heterocycles. The van der Waals surface area contributed by atoms with E-state index in [-0.39, 0.29) is 12.5 Å². The van der Waals surface area contributed by atoms with Crippen LogP contribution in [0.15, 0.2) is 42.5 Å². The molecule has 0 bridgehead atoms. The number of methoxy groups -OCH3 is 1. The molecule has 0 radical (unpaired) electrons. The predicted molar refractivity (Wildman–Crippen MR) is 91.4 cm³/mol. The van der Waals surface area contributed by atoms with E-state index >= 15 is 0 Å². The molecule has 0 atom stereocenters. The van der Waals surface area contributed by atoms with Crippen LogP contribution in [0.2, 0.25) is 10.0 Å². The molecule has 1 amide bonds. The molecule has 2 aromatic rings. The van der Waals surface area contributed by atoms with Gasteiger partial charge in [0.1, 0.15) is 0 Å². The first-order valence-corrected chi connectivity index (χ1v) is 7.43. The third-order valence-corrected chi connectivity index (χ3v) is 3.80. The molecule has 2 aromatic carbocycles. The lowest BCUT2D eigenvalue weighted by atomic mass is 10.2. The number of ether oxygens (including phenoxy) is 1. The van der Waals surface area contributed by atoms with Crippen molar-refractivity contribution >= 4 is 46.5 Å². The number of esters is 1. The van der Waals surface area contributed by atoms with Crippen LogP contribution in [0.25, 0.3) is 0 Å². The summed E-state index contributed by atoms with van der Waals surface area (Å²) in [6, 6.07) is 11.6. The van der Waals surface area contributed by atoms with E-state index in [0.29, 0.717) is 27.0 Å². The summed E-state index contributed by atoms with van der Waals surface area (Å²) in [5.74, 6) is -0.684. The number of hydrogen-bond donors (Lipinski definition) is 2. The van der Waals surface area contributed by atoms with Crippen LogP contribution in [0.4, 0.5) is 11.4 Å². The Morgan fingerprint density at radius 2 is 1.78 bits per heavy atom. The molecule has 0 aliphatic rings. The van der Waals surface area contributed by atoms with Crippen LogP contribution in [0.1, 0.15) is 10.4 Å². The number of carbonyl (C=O) groups excluding carboxylic acids is 2. The summed E-state index contributed by atoms with van der Waals surface area (Å²) in [7, 11) is 1.32. The fourth-order valence-electron chi connectivity index (χ4n) is 1.82. The highest BCUT2D eigenvalue weighted by Crippen LogP contribution is 2.29. The molecule has 23 heavy (non-hydrogen) atoms. The van der Waals surface area contributed by atoms with Gasteiger partial charge in [0.25, 0.3) is 0 Å². The fourth-order valence-corrected chi connectivity index (χ4v) is 2.17. The molecule has 2 rings (SSSR count). The quantitative estimate of drug-likeness (QED) is 0.802. The molecule has 0 spiro atoms. The Morgan fingerprint density at radius 1 is 1.09 bits per heavy atom. The summed E-state index contributed by atoms with van der Waals surface area (Å²) < 4.78 is 4.61. The van der Waals surface area contributed by atoms with Gasteiger partial charge >= 0.3 is 5.97 Å². The van der Waals surface area contributed by atoms with E-state index in [0.717, 1.165) is 0 Å². The van der Waals surface area contributed by atoms with Gasteiger partial charge in [0.2, 0.25) is 5.91 Å². The van der Waals surface area contributed by atoms with Gasteiger partial charge in [-0.3, -0.25) is 4.79 Å². The van der Waals surface area contributed by atoms with E-state index in [1.807, 2.05) is 0 Å². The van der Waals surface area contributed by atoms with Gasteiger partial charge in [-0.25, -0.2) is 4.79 Å². The molecular weight excluding hydrogens is 339 g/mol. The Labute approximate surface area is 143 Å². The number of benzene rings is 2. The van der Waals surface area contributed by atoms with Crippen molar-refractivity contribution in [2.75, 3.05) is 24.3 Å². The lowest BCUT2D eigenvalue weighted by molar-refractivity contribution is -0.114. The highest BCUT2D eigenvalue weighted by atomic mass is 35.5. The molecule has 0 fully saturated rings. The summed E-state index contributed by atoms with van der Waals surface area (Å²) >= 11 is 11.9. The van der Waals surface area contributed by atoms with Gasteiger partial charge in [-0.05, 0) is 36.4 Å². The van der Waals surface area contributed by atoms with Crippen molar-refractivity contribution in [1.29, 1.82) is 0 Å². The van der Waals surface area contributed by atoms with Gasteiger partial charge in [0, 0.05) is 5.69 Å². The highest BCUT2D eigenvalue weighted by Gasteiger charge is 2.09. The average molecular weight is 353 g/mol. The molecule has 2 N–H and O–H groups in total. The number of rotatable bonds is 5. The van der Waals surface area contributed by atoms with Crippen molar-refractivity contribution in [1.82, 2.24) is 0 Å². The summed E-state index contributed by atoms with van der Waals surface area (Å²) in [6.07, 6.45) is 0. The lowest BCUT2D eigenvalue weighted by Gasteiger charge is -2.10. The third-order valence-electron chi connectivity index (χ3n) is 2.98. The summed E-state index contributed by atoms with van der Waals surface area (Å²) in [4.78, 5) is 23.2. The van der Waals surface area contributed by atoms with Gasteiger partial charge in [-0.1, -0.05) is 29.3 Å². The maximum atomic E-state index is 11.9. The summed E-state index contributed by atoms with van der Waals surface area (Å²) in [5.41, 5.74) is 1.59. The van der Waals surface area contributed by atoms with E-state index in [4.69, 9.17) is 23.2 Å². The summed E-state index contributed by atoms with van der Waals surface area (Å²) in [6.45, 7) is 0.0421. The second kappa shape index (κ2) is 7.85. The standard InChI is InChI=1S/C16H14Cl2N2O3/c1-23-16(22)10-5-7-11(8-6-10)19-9-14(21)20-13-4-2-3-12(17)15(13)18/h2-8,19H,9H2,1H3,(H,20,21). The van der Waals surface area contributed by atoms with E-state index < -0.39 is 5.97 Å². The SMILES string of the molecule is COC(=O)c1ccc(NCC(=O)Nc2cccc(Cl)c2Cl)cc1.